The molecule has 1 aliphatic heterocycles. The Balaban J connectivity index is 2.26. The van der Waals surface area contributed by atoms with Gasteiger partial charge in [-0.1, -0.05) is 12.8 Å². The fourth-order valence-electron chi connectivity index (χ4n) is 2.66. The third-order valence-electron chi connectivity index (χ3n) is 3.44. The lowest BCUT2D eigenvalue weighted by atomic mass is 9.95. The Hall–Kier alpha value is -0.900. The highest BCUT2D eigenvalue weighted by molar-refractivity contribution is 6.02. The minimum Gasteiger partial charge on any atom is -0.328 e. The molecule has 1 heterocycles. The molecule has 2 fully saturated rings. The highest BCUT2D eigenvalue weighted by atomic mass is 16.2. The van der Waals surface area contributed by atoms with Gasteiger partial charge in [0.2, 0.25) is 11.8 Å². The van der Waals surface area contributed by atoms with Crippen molar-refractivity contribution in [3.63, 3.8) is 0 Å². The molecule has 1 saturated heterocycles. The SMILES string of the molecule is NCC1(N2C(=O)CCC2=O)CCCC1. The summed E-state index contributed by atoms with van der Waals surface area (Å²) in [5.41, 5.74) is 5.40. The third-order valence-corrected chi connectivity index (χ3v) is 3.44. The minimum atomic E-state index is -0.329. The molecule has 0 radical (unpaired) electrons. The van der Waals surface area contributed by atoms with Gasteiger partial charge in [-0.2, -0.15) is 0 Å². The lowest BCUT2D eigenvalue weighted by Gasteiger charge is -2.36. The van der Waals surface area contributed by atoms with Crippen molar-refractivity contribution in [3.05, 3.63) is 0 Å². The average molecular weight is 196 g/mol. The van der Waals surface area contributed by atoms with Gasteiger partial charge in [-0.15, -0.1) is 0 Å². The first kappa shape index (κ1) is 9.65. The summed E-state index contributed by atoms with van der Waals surface area (Å²) in [5.74, 6) is -0.0512. The van der Waals surface area contributed by atoms with Crippen molar-refractivity contribution in [1.82, 2.24) is 4.90 Å². The Kier molecular flexibility index (Phi) is 2.31. The standard InChI is InChI=1S/C10H16N2O2/c11-7-10(5-1-2-6-10)12-8(13)3-4-9(12)14/h1-7,11H2. The maximum Gasteiger partial charge on any atom is 0.230 e. The first-order valence-electron chi connectivity index (χ1n) is 5.26. The smallest absolute Gasteiger partial charge is 0.230 e. The van der Waals surface area contributed by atoms with Crippen molar-refractivity contribution in [3.8, 4) is 0 Å². The van der Waals surface area contributed by atoms with Crippen molar-refractivity contribution in [2.45, 2.75) is 44.1 Å². The van der Waals surface area contributed by atoms with Gasteiger partial charge < -0.3 is 5.73 Å². The summed E-state index contributed by atoms with van der Waals surface area (Å²) in [7, 11) is 0. The van der Waals surface area contributed by atoms with Crippen LogP contribution in [0.3, 0.4) is 0 Å². The molecular weight excluding hydrogens is 180 g/mol. The molecule has 2 aliphatic rings. The summed E-state index contributed by atoms with van der Waals surface area (Å²) in [6.07, 6.45) is 4.69. The predicted octanol–water partition coefficient (Wildman–Crippen LogP) is 0.407. The van der Waals surface area contributed by atoms with E-state index in [-0.39, 0.29) is 17.4 Å². The molecule has 2 N–H and O–H groups in total. The van der Waals surface area contributed by atoms with Crippen LogP contribution in [0, 0.1) is 0 Å². The topological polar surface area (TPSA) is 63.4 Å². The van der Waals surface area contributed by atoms with Gasteiger partial charge in [-0.3, -0.25) is 14.5 Å². The van der Waals surface area contributed by atoms with E-state index in [0.717, 1.165) is 25.7 Å². The number of nitrogens with zero attached hydrogens (tertiary/aromatic N) is 1. The molecule has 0 unspecified atom stereocenters. The van der Waals surface area contributed by atoms with E-state index in [2.05, 4.69) is 0 Å². The molecule has 4 heteroatoms. The third kappa shape index (κ3) is 1.25. The molecule has 78 valence electrons. The summed E-state index contributed by atoms with van der Waals surface area (Å²) in [6, 6.07) is 0. The molecule has 0 spiro atoms. The van der Waals surface area contributed by atoms with Gasteiger partial charge >= 0.3 is 0 Å². The van der Waals surface area contributed by atoms with Crippen molar-refractivity contribution in [1.29, 1.82) is 0 Å². The summed E-state index contributed by atoms with van der Waals surface area (Å²) in [5, 5.41) is 0. The van der Waals surface area contributed by atoms with Crippen molar-refractivity contribution in [2.24, 2.45) is 5.73 Å². The quantitative estimate of drug-likeness (QED) is 0.650. The van der Waals surface area contributed by atoms with E-state index >= 15 is 0 Å². The van der Waals surface area contributed by atoms with Crippen LogP contribution in [0.25, 0.3) is 0 Å². The van der Waals surface area contributed by atoms with Crippen LogP contribution in [-0.4, -0.2) is 28.8 Å². The zero-order valence-electron chi connectivity index (χ0n) is 8.29. The molecule has 0 aromatic rings. The molecule has 2 amide bonds. The number of carbonyl (C=O) groups is 2. The first-order valence-corrected chi connectivity index (χ1v) is 5.26. The molecule has 1 saturated carbocycles. The van der Waals surface area contributed by atoms with Crippen LogP contribution in [0.2, 0.25) is 0 Å². The molecule has 1 aliphatic carbocycles. The van der Waals surface area contributed by atoms with E-state index in [0.29, 0.717) is 19.4 Å². The summed E-state index contributed by atoms with van der Waals surface area (Å²) >= 11 is 0. The number of imide groups is 1. The highest BCUT2D eigenvalue weighted by Crippen LogP contribution is 2.37. The molecule has 0 aromatic carbocycles. The Labute approximate surface area is 83.4 Å². The second-order valence-electron chi connectivity index (χ2n) is 4.26. The maximum atomic E-state index is 11.6. The lowest BCUT2D eigenvalue weighted by molar-refractivity contribution is -0.145. The van der Waals surface area contributed by atoms with E-state index in [1.54, 1.807) is 0 Å². The van der Waals surface area contributed by atoms with Crippen LogP contribution in [-0.2, 0) is 9.59 Å². The highest BCUT2D eigenvalue weighted by Gasteiger charge is 2.46. The molecule has 2 rings (SSSR count). The number of rotatable bonds is 2. The van der Waals surface area contributed by atoms with Gasteiger partial charge in [-0.05, 0) is 12.8 Å². The molecular formula is C10H16N2O2. The molecule has 0 atom stereocenters. The number of nitrogens with two attached hydrogens (primary N) is 1. The monoisotopic (exact) mass is 196 g/mol. The average Bonchev–Trinajstić information content (AvgIpc) is 2.75. The minimum absolute atomic E-state index is 0.0256. The molecule has 14 heavy (non-hydrogen) atoms. The zero-order valence-corrected chi connectivity index (χ0v) is 8.29. The van der Waals surface area contributed by atoms with Crippen LogP contribution >= 0.6 is 0 Å². The van der Waals surface area contributed by atoms with Crippen LogP contribution in [0.1, 0.15) is 38.5 Å². The van der Waals surface area contributed by atoms with Crippen LogP contribution in [0.4, 0.5) is 0 Å². The van der Waals surface area contributed by atoms with Crippen LogP contribution in [0.15, 0.2) is 0 Å². The zero-order chi connectivity index (χ0) is 10.2. The van der Waals surface area contributed by atoms with Gasteiger partial charge in [0.1, 0.15) is 0 Å². The fraction of sp³-hybridized carbons (Fsp3) is 0.800. The van der Waals surface area contributed by atoms with Gasteiger partial charge in [0.05, 0.1) is 5.54 Å². The van der Waals surface area contributed by atoms with Gasteiger partial charge in [0.15, 0.2) is 0 Å². The van der Waals surface area contributed by atoms with Gasteiger partial charge in [0, 0.05) is 19.4 Å². The van der Waals surface area contributed by atoms with E-state index in [1.165, 1.54) is 4.90 Å². The second-order valence-corrected chi connectivity index (χ2v) is 4.26. The second kappa shape index (κ2) is 3.35. The van der Waals surface area contributed by atoms with Crippen LogP contribution in [0.5, 0.6) is 0 Å². The largest absolute Gasteiger partial charge is 0.328 e. The Morgan fingerprint density at radius 3 is 2.07 bits per heavy atom. The number of carbonyl (C=O) groups excluding carboxylic acids is 2. The van der Waals surface area contributed by atoms with Crippen LogP contribution < -0.4 is 5.73 Å². The van der Waals surface area contributed by atoms with Crippen molar-refractivity contribution < 1.29 is 9.59 Å². The van der Waals surface area contributed by atoms with E-state index in [9.17, 15) is 9.59 Å². The number of hydrogen-bond acceptors (Lipinski definition) is 3. The van der Waals surface area contributed by atoms with E-state index < -0.39 is 0 Å². The summed E-state index contributed by atoms with van der Waals surface area (Å²) in [4.78, 5) is 24.6. The molecule has 4 nitrogen and oxygen atoms in total. The maximum absolute atomic E-state index is 11.6. The first-order chi connectivity index (χ1) is 6.69. The predicted molar refractivity (Wildman–Crippen MR) is 51.3 cm³/mol. The van der Waals surface area contributed by atoms with Crippen molar-refractivity contribution >= 4 is 11.8 Å². The van der Waals surface area contributed by atoms with Gasteiger partial charge in [-0.25, -0.2) is 0 Å². The Morgan fingerprint density at radius 2 is 1.64 bits per heavy atom. The van der Waals surface area contributed by atoms with Crippen molar-refractivity contribution in [2.75, 3.05) is 6.54 Å². The number of hydrogen-bond donors (Lipinski definition) is 1. The fourth-order valence-corrected chi connectivity index (χ4v) is 2.66. The number of likely N-dealkylation sites (tertiary alicyclic amines) is 1. The normalized spacial score (nSPS) is 26.2. The summed E-state index contributed by atoms with van der Waals surface area (Å²) < 4.78 is 0. The molecule has 0 aromatic heterocycles. The summed E-state index contributed by atoms with van der Waals surface area (Å²) in [6.45, 7) is 0.421. The van der Waals surface area contributed by atoms with E-state index in [1.807, 2.05) is 0 Å². The Morgan fingerprint density at radius 1 is 1.14 bits per heavy atom. The lowest BCUT2D eigenvalue weighted by Crippen LogP contribution is -2.54. The molecule has 0 bridgehead atoms. The number of amides is 2. The Bertz CT molecular complexity index is 253. The van der Waals surface area contributed by atoms with E-state index in [4.69, 9.17) is 5.73 Å². The van der Waals surface area contributed by atoms with Gasteiger partial charge in [0.25, 0.3) is 0 Å².